The molecule has 0 saturated heterocycles. The van der Waals surface area contributed by atoms with Crippen LogP contribution in [0.1, 0.15) is 43.0 Å². The zero-order valence-electron chi connectivity index (χ0n) is 19.6. The predicted octanol–water partition coefficient (Wildman–Crippen LogP) is 6.99. The smallest absolute Gasteiger partial charge is 0.260 e. The van der Waals surface area contributed by atoms with Crippen molar-refractivity contribution in [2.75, 3.05) is 4.90 Å². The number of anilines is 1. The Morgan fingerprint density at radius 2 is 1.37 bits per heavy atom. The van der Waals surface area contributed by atoms with E-state index in [0.29, 0.717) is 28.4 Å². The average Bonchev–Trinajstić information content (AvgIpc) is 3.32. The Morgan fingerprint density at radius 3 is 2.06 bits per heavy atom. The van der Waals surface area contributed by atoms with Crippen LogP contribution in [0.15, 0.2) is 97.1 Å². The van der Waals surface area contributed by atoms with Gasteiger partial charge in [-0.2, -0.15) is 0 Å². The van der Waals surface area contributed by atoms with Crippen molar-refractivity contribution in [2.24, 2.45) is 0 Å². The van der Waals surface area contributed by atoms with Crippen LogP contribution >= 0.6 is 11.3 Å². The second kappa shape index (κ2) is 9.65. The molecule has 0 aliphatic carbocycles. The molecule has 172 valence electrons. The lowest BCUT2D eigenvalue weighted by molar-refractivity contribution is 0.0982. The highest BCUT2D eigenvalue weighted by Gasteiger charge is 2.23. The molecule has 4 nitrogen and oxygen atoms in total. The first-order chi connectivity index (χ1) is 17.0. The minimum atomic E-state index is -0.152. The zero-order chi connectivity index (χ0) is 24.4. The molecule has 5 aromatic rings. The minimum absolute atomic E-state index is 0.0669. The summed E-state index contributed by atoms with van der Waals surface area (Å²) in [7, 11) is 0. The number of aryl methyl sites for hydroxylation is 2. The molecule has 5 rings (SSSR count). The number of rotatable bonds is 6. The lowest BCUT2D eigenvalue weighted by atomic mass is 10.0. The van der Waals surface area contributed by atoms with Gasteiger partial charge in [-0.15, -0.1) is 0 Å². The Labute approximate surface area is 208 Å². The number of hydrogen-bond donors (Lipinski definition) is 0. The summed E-state index contributed by atoms with van der Waals surface area (Å²) < 4.78 is 1.08. The third-order valence-corrected chi connectivity index (χ3v) is 7.13. The molecule has 0 fully saturated rings. The summed E-state index contributed by atoms with van der Waals surface area (Å²) >= 11 is 1.53. The number of hydrogen-bond acceptors (Lipinski definition) is 4. The summed E-state index contributed by atoms with van der Waals surface area (Å²) in [6.07, 6.45) is 0. The highest BCUT2D eigenvalue weighted by Crippen LogP contribution is 2.33. The quantitative estimate of drug-likeness (QED) is 0.248. The molecule has 1 heterocycles. The molecule has 1 amide bonds. The molecule has 0 saturated carbocycles. The number of nitrogens with zero attached hydrogens (tertiary/aromatic N) is 2. The van der Waals surface area contributed by atoms with Gasteiger partial charge in [-0.05, 0) is 48.7 Å². The first-order valence-electron chi connectivity index (χ1n) is 11.4. The molecule has 0 atom stereocenters. The molecule has 1 aromatic heterocycles. The summed E-state index contributed by atoms with van der Waals surface area (Å²) in [6, 6.07) is 30.1. The second-order valence-corrected chi connectivity index (χ2v) is 9.55. The molecule has 35 heavy (non-hydrogen) atoms. The van der Waals surface area contributed by atoms with E-state index < -0.39 is 0 Å². The largest absolute Gasteiger partial charge is 0.289 e. The van der Waals surface area contributed by atoms with E-state index in [-0.39, 0.29) is 11.7 Å². The Morgan fingerprint density at radius 1 is 0.771 bits per heavy atom. The Balaban J connectivity index is 1.50. The van der Waals surface area contributed by atoms with Crippen LogP contribution in [0.25, 0.3) is 10.2 Å². The molecule has 0 radical (unpaired) electrons. The van der Waals surface area contributed by atoms with E-state index in [2.05, 4.69) is 26.0 Å². The Bertz CT molecular complexity index is 1510. The minimum Gasteiger partial charge on any atom is -0.289 e. The molecule has 0 spiro atoms. The van der Waals surface area contributed by atoms with Crippen LogP contribution in [-0.2, 0) is 6.54 Å². The number of fused-ring (bicyclic) bond motifs is 1. The van der Waals surface area contributed by atoms with Crippen LogP contribution in [0.2, 0.25) is 0 Å². The van der Waals surface area contributed by atoms with E-state index >= 15 is 0 Å². The monoisotopic (exact) mass is 476 g/mol. The van der Waals surface area contributed by atoms with Crippen LogP contribution < -0.4 is 4.90 Å². The van der Waals surface area contributed by atoms with E-state index in [4.69, 9.17) is 4.98 Å². The van der Waals surface area contributed by atoms with Gasteiger partial charge >= 0.3 is 0 Å². The van der Waals surface area contributed by atoms with Gasteiger partial charge in [0.15, 0.2) is 10.9 Å². The molecule has 0 N–H and O–H groups in total. The first kappa shape index (κ1) is 22.7. The molecule has 0 aliphatic rings. The van der Waals surface area contributed by atoms with Gasteiger partial charge in [0.05, 0.1) is 16.8 Å². The van der Waals surface area contributed by atoms with Crippen molar-refractivity contribution in [3.63, 3.8) is 0 Å². The van der Waals surface area contributed by atoms with Gasteiger partial charge in [0.25, 0.3) is 5.91 Å². The van der Waals surface area contributed by atoms with Crippen LogP contribution in [0.5, 0.6) is 0 Å². The number of benzene rings is 4. The maximum Gasteiger partial charge on any atom is 0.260 e. The van der Waals surface area contributed by atoms with Crippen LogP contribution in [0, 0.1) is 13.8 Å². The van der Waals surface area contributed by atoms with E-state index in [1.807, 2.05) is 48.5 Å². The number of thiazole rings is 1. The first-order valence-corrected chi connectivity index (χ1v) is 12.2. The maximum atomic E-state index is 13.7. The maximum absolute atomic E-state index is 13.7. The molecular weight excluding hydrogens is 452 g/mol. The van der Waals surface area contributed by atoms with E-state index in [1.54, 1.807) is 41.3 Å². The lowest BCUT2D eigenvalue weighted by Gasteiger charge is -2.20. The van der Waals surface area contributed by atoms with Crippen molar-refractivity contribution < 1.29 is 9.59 Å². The van der Waals surface area contributed by atoms with Gasteiger partial charge in [0, 0.05) is 16.7 Å². The number of carbonyl (C=O) groups is 2. The lowest BCUT2D eigenvalue weighted by Crippen LogP contribution is -2.30. The van der Waals surface area contributed by atoms with E-state index in [1.165, 1.54) is 11.3 Å². The normalized spacial score (nSPS) is 10.9. The fourth-order valence-electron chi connectivity index (χ4n) is 4.15. The van der Waals surface area contributed by atoms with E-state index in [9.17, 15) is 9.59 Å². The summed E-state index contributed by atoms with van der Waals surface area (Å²) in [5, 5.41) is 0.659. The summed E-state index contributed by atoms with van der Waals surface area (Å²) in [6.45, 7) is 4.53. The van der Waals surface area contributed by atoms with Crippen LogP contribution in [0.3, 0.4) is 0 Å². The van der Waals surface area contributed by atoms with Crippen molar-refractivity contribution in [1.82, 2.24) is 4.98 Å². The number of carbonyl (C=O) groups excluding carboxylic acids is 2. The highest BCUT2D eigenvalue weighted by atomic mass is 32.1. The van der Waals surface area contributed by atoms with Crippen LogP contribution in [-0.4, -0.2) is 16.7 Å². The molecule has 5 heteroatoms. The van der Waals surface area contributed by atoms with Gasteiger partial charge in [-0.25, -0.2) is 4.98 Å². The summed E-state index contributed by atoms with van der Waals surface area (Å²) in [4.78, 5) is 33.1. The third-order valence-electron chi connectivity index (χ3n) is 5.90. The fraction of sp³-hybridized carbons (Fsp3) is 0.100. The Kier molecular flexibility index (Phi) is 6.25. The van der Waals surface area contributed by atoms with Crippen molar-refractivity contribution in [3.05, 3.63) is 130 Å². The second-order valence-electron chi connectivity index (χ2n) is 8.58. The average molecular weight is 477 g/mol. The molecule has 0 aliphatic heterocycles. The van der Waals surface area contributed by atoms with Crippen LogP contribution in [0.4, 0.5) is 5.13 Å². The number of amides is 1. The Hall–Kier alpha value is -4.09. The highest BCUT2D eigenvalue weighted by molar-refractivity contribution is 7.22. The van der Waals surface area contributed by atoms with Gasteiger partial charge < -0.3 is 0 Å². The number of ketones is 1. The fourth-order valence-corrected chi connectivity index (χ4v) is 5.16. The topological polar surface area (TPSA) is 50.3 Å². The molecule has 0 unspecified atom stereocenters. The van der Waals surface area contributed by atoms with Gasteiger partial charge in [0.1, 0.15) is 0 Å². The summed E-state index contributed by atoms with van der Waals surface area (Å²) in [5.41, 5.74) is 5.90. The van der Waals surface area contributed by atoms with Gasteiger partial charge in [0.2, 0.25) is 0 Å². The van der Waals surface area contributed by atoms with Gasteiger partial charge in [-0.1, -0.05) is 90.2 Å². The zero-order valence-corrected chi connectivity index (χ0v) is 20.4. The third kappa shape index (κ3) is 4.77. The molecule has 4 aromatic carbocycles. The molecular formula is C30H24N2O2S. The predicted molar refractivity (Wildman–Crippen MR) is 142 cm³/mol. The SMILES string of the molecule is Cc1cc(C)c2sc(N(Cc3ccccc3)C(=O)c3ccc(C(=O)c4ccccc4)cc3)nc2c1. The van der Waals surface area contributed by atoms with Gasteiger partial charge in [-0.3, -0.25) is 14.5 Å². The summed E-state index contributed by atoms with van der Waals surface area (Å²) in [5.74, 6) is -0.219. The number of aromatic nitrogens is 1. The van der Waals surface area contributed by atoms with Crippen molar-refractivity contribution >= 4 is 38.4 Å². The van der Waals surface area contributed by atoms with Crippen molar-refractivity contribution in [3.8, 4) is 0 Å². The molecule has 0 bridgehead atoms. The van der Waals surface area contributed by atoms with Crippen molar-refractivity contribution in [2.45, 2.75) is 20.4 Å². The van der Waals surface area contributed by atoms with Crippen molar-refractivity contribution in [1.29, 1.82) is 0 Å². The van der Waals surface area contributed by atoms with E-state index in [0.717, 1.165) is 26.9 Å². The standard InChI is InChI=1S/C30H24N2O2S/c1-20-17-21(2)28-26(18-20)31-30(35-28)32(19-22-9-5-3-6-10-22)29(34)25-15-13-24(14-16-25)27(33)23-11-7-4-8-12-23/h3-18H,19H2,1-2H3.